The third-order valence-electron chi connectivity index (χ3n) is 8.01. The number of likely N-dealkylation sites (tertiary alicyclic amines) is 1. The van der Waals surface area contributed by atoms with Gasteiger partial charge < -0.3 is 19.1 Å². The van der Waals surface area contributed by atoms with E-state index in [9.17, 15) is 9.59 Å². The van der Waals surface area contributed by atoms with Crippen molar-refractivity contribution in [3.05, 3.63) is 35.9 Å². The van der Waals surface area contributed by atoms with E-state index in [1.807, 2.05) is 36.9 Å². The lowest BCUT2D eigenvalue weighted by Gasteiger charge is -2.42. The van der Waals surface area contributed by atoms with Crippen LogP contribution in [0.15, 0.2) is 35.5 Å². The number of morpholine rings is 1. The summed E-state index contributed by atoms with van der Waals surface area (Å²) < 4.78 is 17.1. The summed E-state index contributed by atoms with van der Waals surface area (Å²) in [6.07, 6.45) is 7.28. The van der Waals surface area contributed by atoms with Crippen LogP contribution in [0.3, 0.4) is 0 Å². The highest BCUT2D eigenvalue weighted by Gasteiger charge is 2.43. The lowest BCUT2D eigenvalue weighted by molar-refractivity contribution is -0.142. The summed E-state index contributed by atoms with van der Waals surface area (Å²) in [5.41, 5.74) is 1.91. The molecule has 206 valence electrons. The Morgan fingerprint density at radius 2 is 1.66 bits per heavy atom. The minimum absolute atomic E-state index is 0.00847. The Morgan fingerprint density at radius 1 is 0.974 bits per heavy atom. The number of hydrazone groups is 1. The van der Waals surface area contributed by atoms with Crippen molar-refractivity contribution in [3.8, 4) is 11.5 Å². The number of piperidine rings is 1. The fraction of sp³-hybridized carbons (Fsp3) is 0.621. The lowest BCUT2D eigenvalue weighted by Crippen LogP contribution is -2.53. The first kappa shape index (κ1) is 26.7. The molecule has 0 radical (unpaired) electrons. The van der Waals surface area contributed by atoms with E-state index in [-0.39, 0.29) is 29.7 Å². The summed E-state index contributed by atoms with van der Waals surface area (Å²) in [6, 6.07) is 5.97. The second kappa shape index (κ2) is 12.3. The van der Waals surface area contributed by atoms with E-state index in [1.54, 1.807) is 5.01 Å². The molecule has 3 heterocycles. The van der Waals surface area contributed by atoms with Crippen LogP contribution in [0.25, 0.3) is 0 Å². The Kier molecular flexibility index (Phi) is 8.64. The van der Waals surface area contributed by atoms with E-state index in [1.165, 1.54) is 0 Å². The topological polar surface area (TPSA) is 83.9 Å². The Hall–Kier alpha value is -2.91. The smallest absolute Gasteiger partial charge is 0.247 e. The van der Waals surface area contributed by atoms with E-state index >= 15 is 0 Å². The first-order chi connectivity index (χ1) is 18.6. The summed E-state index contributed by atoms with van der Waals surface area (Å²) in [5.74, 6) is 1.62. The first-order valence-corrected chi connectivity index (χ1v) is 14.1. The maximum atomic E-state index is 13.7. The number of nitrogens with zero attached hydrogens (tertiary/aromatic N) is 4. The van der Waals surface area contributed by atoms with Crippen molar-refractivity contribution in [3.63, 3.8) is 0 Å². The van der Waals surface area contributed by atoms with E-state index < -0.39 is 0 Å². The average Bonchev–Trinajstić information content (AvgIpc) is 2.95. The second-order valence-electron chi connectivity index (χ2n) is 10.4. The molecule has 1 aliphatic carbocycles. The molecule has 38 heavy (non-hydrogen) atoms. The number of rotatable bonds is 8. The van der Waals surface area contributed by atoms with Gasteiger partial charge in [-0.25, -0.2) is 5.01 Å². The van der Waals surface area contributed by atoms with Crippen molar-refractivity contribution in [2.45, 2.75) is 45.6 Å². The van der Waals surface area contributed by atoms with Gasteiger partial charge in [-0.15, -0.1) is 0 Å². The number of allylic oxidation sites excluding steroid dienone is 2. The summed E-state index contributed by atoms with van der Waals surface area (Å²) >= 11 is 0. The van der Waals surface area contributed by atoms with Gasteiger partial charge in [0.25, 0.3) is 0 Å². The van der Waals surface area contributed by atoms with Gasteiger partial charge in [0, 0.05) is 37.7 Å². The number of hydrogen-bond acceptors (Lipinski definition) is 7. The Morgan fingerprint density at radius 3 is 2.37 bits per heavy atom. The van der Waals surface area contributed by atoms with Crippen LogP contribution in [0.4, 0.5) is 0 Å². The van der Waals surface area contributed by atoms with Crippen molar-refractivity contribution in [2.24, 2.45) is 16.9 Å². The van der Waals surface area contributed by atoms with Gasteiger partial charge in [-0.2, -0.15) is 5.10 Å². The average molecular weight is 525 g/mol. The quantitative estimate of drug-likeness (QED) is 0.487. The summed E-state index contributed by atoms with van der Waals surface area (Å²) in [6.45, 7) is 9.72. The van der Waals surface area contributed by atoms with Crippen LogP contribution in [-0.2, 0) is 14.3 Å². The van der Waals surface area contributed by atoms with Crippen molar-refractivity contribution < 1.29 is 23.8 Å². The third-order valence-corrected chi connectivity index (χ3v) is 8.01. The van der Waals surface area contributed by atoms with Gasteiger partial charge in [-0.1, -0.05) is 12.2 Å². The monoisotopic (exact) mass is 524 g/mol. The van der Waals surface area contributed by atoms with Gasteiger partial charge in [0.1, 0.15) is 0 Å². The second-order valence-corrected chi connectivity index (χ2v) is 10.4. The molecule has 1 aromatic carbocycles. The van der Waals surface area contributed by atoms with Crippen LogP contribution in [0, 0.1) is 11.8 Å². The van der Waals surface area contributed by atoms with Crippen LogP contribution in [-0.4, -0.2) is 97.5 Å². The van der Waals surface area contributed by atoms with Gasteiger partial charge in [0.15, 0.2) is 11.5 Å². The molecule has 0 unspecified atom stereocenters. The van der Waals surface area contributed by atoms with Crippen LogP contribution >= 0.6 is 0 Å². The highest BCUT2D eigenvalue weighted by Crippen LogP contribution is 2.38. The zero-order valence-electron chi connectivity index (χ0n) is 22.6. The molecule has 2 saturated heterocycles. The number of ether oxygens (including phenoxy) is 3. The highest BCUT2D eigenvalue weighted by molar-refractivity contribution is 6.07. The Bertz CT molecular complexity index is 1060. The largest absolute Gasteiger partial charge is 0.490 e. The predicted molar refractivity (Wildman–Crippen MR) is 144 cm³/mol. The number of benzene rings is 1. The summed E-state index contributed by atoms with van der Waals surface area (Å²) in [7, 11) is 0. The zero-order chi connectivity index (χ0) is 26.5. The lowest BCUT2D eigenvalue weighted by atomic mass is 9.76. The SMILES string of the molecule is CCOc1ccc(C2=NN(C3CCN(C(=O)CN4CCOCC4)CC3)C(=O)[C@@H]3CC=CC[C@H]23)cc1OCC. The van der Waals surface area contributed by atoms with Gasteiger partial charge in [-0.05, 0) is 57.7 Å². The molecule has 9 nitrogen and oxygen atoms in total. The molecule has 0 spiro atoms. The molecule has 1 aromatic rings. The number of fused-ring (bicyclic) bond motifs is 1. The molecule has 2 atom stereocenters. The van der Waals surface area contributed by atoms with Crippen LogP contribution in [0.5, 0.6) is 11.5 Å². The molecule has 3 aliphatic heterocycles. The zero-order valence-corrected chi connectivity index (χ0v) is 22.6. The first-order valence-electron chi connectivity index (χ1n) is 14.1. The van der Waals surface area contributed by atoms with E-state index in [0.717, 1.165) is 55.8 Å². The third kappa shape index (κ3) is 5.73. The summed E-state index contributed by atoms with van der Waals surface area (Å²) in [5, 5.41) is 6.77. The maximum Gasteiger partial charge on any atom is 0.247 e. The molecule has 0 N–H and O–H groups in total. The number of hydrogen-bond donors (Lipinski definition) is 0. The van der Waals surface area contributed by atoms with Crippen LogP contribution in [0.1, 0.15) is 45.1 Å². The van der Waals surface area contributed by atoms with Gasteiger partial charge in [0.05, 0.1) is 50.6 Å². The van der Waals surface area contributed by atoms with Crippen molar-refractivity contribution in [2.75, 3.05) is 59.2 Å². The Labute approximate surface area is 225 Å². The van der Waals surface area contributed by atoms with Gasteiger partial charge in [0.2, 0.25) is 11.8 Å². The molecule has 5 rings (SSSR count). The highest BCUT2D eigenvalue weighted by atomic mass is 16.5. The van der Waals surface area contributed by atoms with Crippen molar-refractivity contribution >= 4 is 17.5 Å². The van der Waals surface area contributed by atoms with Crippen molar-refractivity contribution in [1.82, 2.24) is 14.8 Å². The normalized spacial score (nSPS) is 24.7. The Balaban J connectivity index is 1.33. The minimum atomic E-state index is -0.115. The van der Waals surface area contributed by atoms with Crippen LogP contribution < -0.4 is 9.47 Å². The molecule has 2 amide bonds. The van der Waals surface area contributed by atoms with E-state index in [2.05, 4.69) is 17.1 Å². The van der Waals surface area contributed by atoms with Crippen LogP contribution in [0.2, 0.25) is 0 Å². The number of amides is 2. The number of carbonyl (C=O) groups is 2. The minimum Gasteiger partial charge on any atom is -0.490 e. The molecule has 4 aliphatic rings. The maximum absolute atomic E-state index is 13.7. The van der Waals surface area contributed by atoms with E-state index in [0.29, 0.717) is 51.8 Å². The van der Waals surface area contributed by atoms with Gasteiger partial charge in [-0.3, -0.25) is 14.5 Å². The predicted octanol–water partition coefficient (Wildman–Crippen LogP) is 2.94. The fourth-order valence-corrected chi connectivity index (χ4v) is 5.95. The molecule has 2 fully saturated rings. The molecule has 9 heteroatoms. The number of carbonyl (C=O) groups excluding carboxylic acids is 2. The van der Waals surface area contributed by atoms with Crippen molar-refractivity contribution in [1.29, 1.82) is 0 Å². The summed E-state index contributed by atoms with van der Waals surface area (Å²) in [4.78, 5) is 30.7. The van der Waals surface area contributed by atoms with E-state index in [4.69, 9.17) is 19.3 Å². The molecule has 0 saturated carbocycles. The standard InChI is InChI=1S/C29H40N4O5/c1-3-37-25-10-9-21(19-26(25)38-4-2)28-23-7-5-6-8-24(23)29(35)33(30-28)22-11-13-32(14-12-22)27(34)20-31-15-17-36-18-16-31/h5-6,9-10,19,22-24H,3-4,7-8,11-18,20H2,1-2H3/t23-,24+/m0/s1. The molecule has 0 bridgehead atoms. The molecular formula is C29H40N4O5. The van der Waals surface area contributed by atoms with Gasteiger partial charge >= 0.3 is 0 Å². The molecular weight excluding hydrogens is 484 g/mol. The molecule has 0 aromatic heterocycles. The fourth-order valence-electron chi connectivity index (χ4n) is 5.95.